The van der Waals surface area contributed by atoms with E-state index in [0.29, 0.717) is 6.42 Å². The van der Waals surface area contributed by atoms with Gasteiger partial charge in [-0.05, 0) is 18.1 Å². The standard InChI is InChI=1S/C12H16N2O4/c1-3-7(2)9(12(17)18)14-10-8(11(15)16)5-4-6-13-10/h4-7,9H,3H2,1-2H3,(H,13,14)(H,15,16)(H,17,18). The highest BCUT2D eigenvalue weighted by Crippen LogP contribution is 2.17. The van der Waals surface area contributed by atoms with Crippen molar-refractivity contribution in [3.05, 3.63) is 23.9 Å². The summed E-state index contributed by atoms with van der Waals surface area (Å²) in [6, 6.07) is 2.02. The lowest BCUT2D eigenvalue weighted by Crippen LogP contribution is -2.36. The predicted octanol–water partition coefficient (Wildman–Crippen LogP) is 1.69. The molecule has 0 aliphatic rings. The zero-order chi connectivity index (χ0) is 13.7. The van der Waals surface area contributed by atoms with Crippen molar-refractivity contribution in [3.63, 3.8) is 0 Å². The van der Waals surface area contributed by atoms with Crippen molar-refractivity contribution in [2.24, 2.45) is 5.92 Å². The van der Waals surface area contributed by atoms with Gasteiger partial charge in [-0.3, -0.25) is 0 Å². The predicted molar refractivity (Wildman–Crippen MR) is 65.7 cm³/mol. The number of anilines is 1. The fraction of sp³-hybridized carbons (Fsp3) is 0.417. The lowest BCUT2D eigenvalue weighted by Gasteiger charge is -2.21. The molecule has 3 N–H and O–H groups in total. The third-order valence-electron chi connectivity index (χ3n) is 2.81. The van der Waals surface area contributed by atoms with Gasteiger partial charge < -0.3 is 15.5 Å². The van der Waals surface area contributed by atoms with Crippen LogP contribution in [-0.2, 0) is 4.79 Å². The van der Waals surface area contributed by atoms with E-state index in [1.54, 1.807) is 6.92 Å². The minimum atomic E-state index is -1.14. The maximum Gasteiger partial charge on any atom is 0.339 e. The molecule has 18 heavy (non-hydrogen) atoms. The molecule has 0 aromatic carbocycles. The van der Waals surface area contributed by atoms with Gasteiger partial charge in [0.1, 0.15) is 17.4 Å². The molecule has 2 unspecified atom stereocenters. The van der Waals surface area contributed by atoms with Crippen molar-refractivity contribution in [3.8, 4) is 0 Å². The SMILES string of the molecule is CCC(C)C(Nc1ncccc1C(=O)O)C(=O)O. The Morgan fingerprint density at radius 3 is 2.61 bits per heavy atom. The van der Waals surface area contributed by atoms with Gasteiger partial charge in [-0.2, -0.15) is 0 Å². The van der Waals surface area contributed by atoms with Crippen LogP contribution in [0.3, 0.4) is 0 Å². The monoisotopic (exact) mass is 252 g/mol. The molecule has 1 aromatic heterocycles. The van der Waals surface area contributed by atoms with Crippen LogP contribution in [0.25, 0.3) is 0 Å². The Kier molecular flexibility index (Phi) is 4.65. The number of aliphatic carboxylic acids is 1. The minimum Gasteiger partial charge on any atom is -0.480 e. The third kappa shape index (κ3) is 3.19. The summed E-state index contributed by atoms with van der Waals surface area (Å²) in [7, 11) is 0. The molecule has 6 heteroatoms. The van der Waals surface area contributed by atoms with Crippen LogP contribution < -0.4 is 5.32 Å². The molecule has 0 radical (unpaired) electrons. The molecule has 0 aliphatic carbocycles. The summed E-state index contributed by atoms with van der Waals surface area (Å²) in [6.45, 7) is 3.66. The average molecular weight is 252 g/mol. The van der Waals surface area contributed by atoms with Crippen molar-refractivity contribution in [1.29, 1.82) is 0 Å². The zero-order valence-corrected chi connectivity index (χ0v) is 10.3. The van der Waals surface area contributed by atoms with Crippen molar-refractivity contribution >= 4 is 17.8 Å². The van der Waals surface area contributed by atoms with Gasteiger partial charge in [-0.1, -0.05) is 20.3 Å². The van der Waals surface area contributed by atoms with E-state index in [0.717, 1.165) is 0 Å². The lowest BCUT2D eigenvalue weighted by molar-refractivity contribution is -0.139. The smallest absolute Gasteiger partial charge is 0.339 e. The second-order valence-electron chi connectivity index (χ2n) is 4.05. The van der Waals surface area contributed by atoms with Crippen molar-refractivity contribution in [1.82, 2.24) is 4.98 Å². The highest BCUT2D eigenvalue weighted by Gasteiger charge is 2.25. The topological polar surface area (TPSA) is 99.5 Å². The molecule has 6 nitrogen and oxygen atoms in total. The van der Waals surface area contributed by atoms with E-state index in [1.165, 1.54) is 18.3 Å². The molecule has 0 saturated heterocycles. The second-order valence-corrected chi connectivity index (χ2v) is 4.05. The van der Waals surface area contributed by atoms with E-state index < -0.39 is 18.0 Å². The molecule has 2 atom stereocenters. The van der Waals surface area contributed by atoms with Crippen LogP contribution in [0.1, 0.15) is 30.6 Å². The third-order valence-corrected chi connectivity index (χ3v) is 2.81. The summed E-state index contributed by atoms with van der Waals surface area (Å²) >= 11 is 0. The molecule has 0 amide bonds. The molecule has 0 aliphatic heterocycles. The molecule has 0 fully saturated rings. The van der Waals surface area contributed by atoms with Crippen LogP contribution in [-0.4, -0.2) is 33.2 Å². The van der Waals surface area contributed by atoms with E-state index in [9.17, 15) is 9.59 Å². The van der Waals surface area contributed by atoms with E-state index in [-0.39, 0.29) is 17.3 Å². The Morgan fingerprint density at radius 1 is 1.44 bits per heavy atom. The fourth-order valence-electron chi connectivity index (χ4n) is 1.52. The van der Waals surface area contributed by atoms with Crippen LogP contribution in [0.2, 0.25) is 0 Å². The number of aromatic nitrogens is 1. The number of carboxylic acid groups (broad SMARTS) is 2. The summed E-state index contributed by atoms with van der Waals surface area (Å²) in [5.74, 6) is -2.21. The fourth-order valence-corrected chi connectivity index (χ4v) is 1.52. The highest BCUT2D eigenvalue weighted by molar-refractivity contribution is 5.93. The maximum atomic E-state index is 11.1. The molecular formula is C12H16N2O4. The Balaban J connectivity index is 3.01. The van der Waals surface area contributed by atoms with Crippen molar-refractivity contribution < 1.29 is 19.8 Å². The molecule has 0 bridgehead atoms. The van der Waals surface area contributed by atoms with Crippen LogP contribution in [0, 0.1) is 5.92 Å². The Bertz CT molecular complexity index is 447. The van der Waals surface area contributed by atoms with Gasteiger partial charge in [-0.25, -0.2) is 14.6 Å². The van der Waals surface area contributed by atoms with E-state index in [4.69, 9.17) is 10.2 Å². The lowest BCUT2D eigenvalue weighted by atomic mass is 9.99. The first-order valence-corrected chi connectivity index (χ1v) is 5.65. The van der Waals surface area contributed by atoms with Gasteiger partial charge in [0, 0.05) is 6.20 Å². The van der Waals surface area contributed by atoms with Gasteiger partial charge in [-0.15, -0.1) is 0 Å². The van der Waals surface area contributed by atoms with Crippen LogP contribution >= 0.6 is 0 Å². The maximum absolute atomic E-state index is 11.1. The minimum absolute atomic E-state index is 0.0351. The average Bonchev–Trinajstić information content (AvgIpc) is 2.34. The summed E-state index contributed by atoms with van der Waals surface area (Å²) < 4.78 is 0. The van der Waals surface area contributed by atoms with Gasteiger partial charge in [0.15, 0.2) is 0 Å². The molecule has 1 aromatic rings. The van der Waals surface area contributed by atoms with Gasteiger partial charge >= 0.3 is 11.9 Å². The number of nitrogens with zero attached hydrogens (tertiary/aromatic N) is 1. The first-order valence-electron chi connectivity index (χ1n) is 5.65. The number of nitrogens with one attached hydrogen (secondary N) is 1. The Hall–Kier alpha value is -2.11. The van der Waals surface area contributed by atoms with E-state index in [1.807, 2.05) is 6.92 Å². The largest absolute Gasteiger partial charge is 0.480 e. The normalized spacial score (nSPS) is 13.7. The second kappa shape index (κ2) is 6.00. The number of pyridine rings is 1. The van der Waals surface area contributed by atoms with Crippen LogP contribution in [0.5, 0.6) is 0 Å². The summed E-state index contributed by atoms with van der Waals surface area (Å²) in [6.07, 6.45) is 2.09. The summed E-state index contributed by atoms with van der Waals surface area (Å²) in [4.78, 5) is 26.0. The van der Waals surface area contributed by atoms with Crippen LogP contribution in [0.4, 0.5) is 5.82 Å². The summed E-state index contributed by atoms with van der Waals surface area (Å²) in [5.41, 5.74) is -0.0351. The highest BCUT2D eigenvalue weighted by atomic mass is 16.4. The number of rotatable bonds is 6. The molecule has 0 saturated carbocycles. The first kappa shape index (κ1) is 14.0. The number of hydrogen-bond acceptors (Lipinski definition) is 4. The van der Waals surface area contributed by atoms with Crippen molar-refractivity contribution in [2.75, 3.05) is 5.32 Å². The van der Waals surface area contributed by atoms with Crippen LogP contribution in [0.15, 0.2) is 18.3 Å². The Morgan fingerprint density at radius 2 is 2.11 bits per heavy atom. The quantitative estimate of drug-likeness (QED) is 0.712. The number of carbonyl (C=O) groups is 2. The van der Waals surface area contributed by atoms with Gasteiger partial charge in [0.05, 0.1) is 0 Å². The molecule has 0 spiro atoms. The molecule has 1 heterocycles. The van der Waals surface area contributed by atoms with Gasteiger partial charge in [0.25, 0.3) is 0 Å². The number of hydrogen-bond donors (Lipinski definition) is 3. The molecule has 98 valence electrons. The van der Waals surface area contributed by atoms with E-state index >= 15 is 0 Å². The number of carboxylic acids is 2. The Labute approximate surface area is 105 Å². The first-order chi connectivity index (χ1) is 8.47. The van der Waals surface area contributed by atoms with Gasteiger partial charge in [0.2, 0.25) is 0 Å². The zero-order valence-electron chi connectivity index (χ0n) is 10.3. The molecule has 1 rings (SSSR count). The number of aromatic carboxylic acids is 1. The van der Waals surface area contributed by atoms with Crippen molar-refractivity contribution in [2.45, 2.75) is 26.3 Å². The summed E-state index contributed by atoms with van der Waals surface area (Å²) in [5, 5.41) is 20.8. The van der Waals surface area contributed by atoms with E-state index in [2.05, 4.69) is 10.3 Å². The molecular weight excluding hydrogens is 236 g/mol.